The Labute approximate surface area is 117 Å². The van der Waals surface area contributed by atoms with Gasteiger partial charge in [0.2, 0.25) is 0 Å². The minimum Gasteiger partial charge on any atom is -0.382 e. The number of nitrogen functional groups attached to an aromatic ring is 1. The summed E-state index contributed by atoms with van der Waals surface area (Å²) in [4.78, 5) is 0. The van der Waals surface area contributed by atoms with Crippen molar-refractivity contribution in [3.63, 3.8) is 0 Å². The maximum absolute atomic E-state index is 13.8. The van der Waals surface area contributed by atoms with Gasteiger partial charge in [0.25, 0.3) is 0 Å². The Kier molecular flexibility index (Phi) is 3.09. The van der Waals surface area contributed by atoms with Crippen molar-refractivity contribution in [2.24, 2.45) is 0 Å². The van der Waals surface area contributed by atoms with E-state index >= 15 is 0 Å². The summed E-state index contributed by atoms with van der Waals surface area (Å²) in [6, 6.07) is 8.35. The van der Waals surface area contributed by atoms with Crippen LogP contribution in [0.3, 0.4) is 0 Å². The second kappa shape index (κ2) is 4.93. The number of nitrogens with two attached hydrogens (primary N) is 1. The Morgan fingerprint density at radius 1 is 0.905 bits per heavy atom. The van der Waals surface area contributed by atoms with E-state index in [1.54, 1.807) is 0 Å². The van der Waals surface area contributed by atoms with E-state index in [0.29, 0.717) is 5.69 Å². The highest BCUT2D eigenvalue weighted by Crippen LogP contribution is 2.28. The lowest BCUT2D eigenvalue weighted by Gasteiger charge is -2.04. The lowest BCUT2D eigenvalue weighted by molar-refractivity contribution is 0.602. The zero-order chi connectivity index (χ0) is 15.0. The summed E-state index contributed by atoms with van der Waals surface area (Å²) in [6.07, 6.45) is 0. The molecule has 7 heteroatoms. The first-order chi connectivity index (χ1) is 10.1. The van der Waals surface area contributed by atoms with Gasteiger partial charge in [0.1, 0.15) is 23.1 Å². The average Bonchev–Trinajstić information content (AvgIpc) is 2.84. The summed E-state index contributed by atoms with van der Waals surface area (Å²) < 4.78 is 41.1. The highest BCUT2D eigenvalue weighted by Gasteiger charge is 2.17. The Morgan fingerprint density at radius 2 is 1.57 bits per heavy atom. The summed E-state index contributed by atoms with van der Waals surface area (Å²) in [5.74, 6) is -1.64. The number of benzene rings is 2. The largest absolute Gasteiger partial charge is 0.382 e. The van der Waals surface area contributed by atoms with Crippen molar-refractivity contribution in [2.45, 2.75) is 0 Å². The van der Waals surface area contributed by atoms with E-state index in [1.807, 2.05) is 0 Å². The second-order valence-electron chi connectivity index (χ2n) is 4.34. The smallest absolute Gasteiger partial charge is 0.156 e. The van der Waals surface area contributed by atoms with Crippen molar-refractivity contribution < 1.29 is 13.2 Å². The zero-order valence-corrected chi connectivity index (χ0v) is 10.6. The van der Waals surface area contributed by atoms with Crippen LogP contribution < -0.4 is 5.73 Å². The Morgan fingerprint density at radius 3 is 2.29 bits per heavy atom. The van der Waals surface area contributed by atoms with E-state index in [2.05, 4.69) is 10.3 Å². The van der Waals surface area contributed by atoms with Gasteiger partial charge in [-0.3, -0.25) is 0 Å². The molecule has 3 rings (SSSR count). The summed E-state index contributed by atoms with van der Waals surface area (Å²) in [6.45, 7) is 0. The van der Waals surface area contributed by atoms with Gasteiger partial charge >= 0.3 is 0 Å². The highest BCUT2D eigenvalue weighted by molar-refractivity contribution is 5.71. The third kappa shape index (κ3) is 2.33. The van der Waals surface area contributed by atoms with Crippen molar-refractivity contribution in [3.8, 4) is 16.9 Å². The number of aromatic nitrogens is 3. The highest BCUT2D eigenvalue weighted by atomic mass is 19.1. The molecule has 0 fully saturated rings. The molecule has 0 saturated heterocycles. The van der Waals surface area contributed by atoms with Gasteiger partial charge in [-0.15, -0.1) is 5.10 Å². The number of anilines is 1. The molecule has 0 bridgehead atoms. The van der Waals surface area contributed by atoms with Gasteiger partial charge in [0.05, 0.1) is 5.69 Å². The van der Waals surface area contributed by atoms with Crippen molar-refractivity contribution in [1.82, 2.24) is 15.0 Å². The first-order valence-corrected chi connectivity index (χ1v) is 5.99. The molecule has 0 aliphatic heterocycles. The summed E-state index contributed by atoms with van der Waals surface area (Å²) in [5.41, 5.74) is 6.28. The minimum absolute atomic E-state index is 0.0244. The number of rotatable bonds is 2. The number of hydrogen-bond donors (Lipinski definition) is 1. The van der Waals surface area contributed by atoms with Crippen molar-refractivity contribution >= 4 is 5.82 Å². The topological polar surface area (TPSA) is 56.7 Å². The molecule has 4 nitrogen and oxygen atoms in total. The maximum atomic E-state index is 13.8. The molecule has 2 N–H and O–H groups in total. The number of halogens is 3. The SMILES string of the molecule is Nc1c(-c2cc(F)ccc2F)nnn1-c1ccc(F)cc1. The van der Waals surface area contributed by atoms with E-state index in [1.165, 1.54) is 28.9 Å². The summed E-state index contributed by atoms with van der Waals surface area (Å²) >= 11 is 0. The molecule has 0 aliphatic carbocycles. The molecule has 21 heavy (non-hydrogen) atoms. The summed E-state index contributed by atoms with van der Waals surface area (Å²) in [5, 5.41) is 7.57. The molecule has 3 aromatic rings. The first kappa shape index (κ1) is 13.2. The van der Waals surface area contributed by atoms with Gasteiger partial charge in [-0.05, 0) is 42.5 Å². The molecule has 0 amide bonds. The van der Waals surface area contributed by atoms with Gasteiger partial charge < -0.3 is 5.73 Å². The zero-order valence-electron chi connectivity index (χ0n) is 10.6. The van der Waals surface area contributed by atoms with Crippen LogP contribution in [0, 0.1) is 17.5 Å². The maximum Gasteiger partial charge on any atom is 0.156 e. The van der Waals surface area contributed by atoms with Crippen molar-refractivity contribution in [2.75, 3.05) is 5.73 Å². The molecule has 0 aliphatic rings. The van der Waals surface area contributed by atoms with Gasteiger partial charge in [0.15, 0.2) is 5.82 Å². The van der Waals surface area contributed by atoms with Gasteiger partial charge in [0, 0.05) is 5.56 Å². The van der Waals surface area contributed by atoms with Gasteiger partial charge in [-0.25, -0.2) is 13.2 Å². The van der Waals surface area contributed by atoms with Crippen LogP contribution in [0.5, 0.6) is 0 Å². The predicted molar refractivity (Wildman–Crippen MR) is 71.1 cm³/mol. The third-order valence-electron chi connectivity index (χ3n) is 2.96. The van der Waals surface area contributed by atoms with Gasteiger partial charge in [-0.1, -0.05) is 5.21 Å². The number of nitrogens with zero attached hydrogens (tertiary/aromatic N) is 3. The molecule has 0 saturated carbocycles. The Bertz CT molecular complexity index is 796. The average molecular weight is 290 g/mol. The lowest BCUT2D eigenvalue weighted by atomic mass is 10.1. The molecule has 1 heterocycles. The van der Waals surface area contributed by atoms with Crippen LogP contribution >= 0.6 is 0 Å². The molecule has 2 aromatic carbocycles. The quantitative estimate of drug-likeness (QED) is 0.789. The Hall–Kier alpha value is -2.83. The van der Waals surface area contributed by atoms with Crippen LogP contribution in [-0.4, -0.2) is 15.0 Å². The van der Waals surface area contributed by atoms with Crippen molar-refractivity contribution in [3.05, 3.63) is 59.9 Å². The second-order valence-corrected chi connectivity index (χ2v) is 4.34. The monoisotopic (exact) mass is 290 g/mol. The molecule has 0 spiro atoms. The molecule has 106 valence electrons. The van der Waals surface area contributed by atoms with Crippen LogP contribution in [0.15, 0.2) is 42.5 Å². The van der Waals surface area contributed by atoms with E-state index in [0.717, 1.165) is 18.2 Å². The molecular formula is C14H9F3N4. The molecule has 0 radical (unpaired) electrons. The normalized spacial score (nSPS) is 10.8. The molecule has 0 atom stereocenters. The standard InChI is InChI=1S/C14H9F3N4/c15-8-1-4-10(5-2-8)21-14(18)13(19-20-21)11-7-9(16)3-6-12(11)17/h1-7H,18H2. The van der Waals surface area contributed by atoms with E-state index in [4.69, 9.17) is 5.73 Å². The first-order valence-electron chi connectivity index (χ1n) is 5.99. The van der Waals surface area contributed by atoms with Crippen LogP contribution in [0.1, 0.15) is 0 Å². The van der Waals surface area contributed by atoms with Crippen molar-refractivity contribution in [1.29, 1.82) is 0 Å². The fraction of sp³-hybridized carbons (Fsp3) is 0. The lowest BCUT2D eigenvalue weighted by Crippen LogP contribution is -2.02. The molecule has 0 unspecified atom stereocenters. The number of hydrogen-bond acceptors (Lipinski definition) is 3. The minimum atomic E-state index is -0.658. The Balaban J connectivity index is 2.11. The fourth-order valence-corrected chi connectivity index (χ4v) is 1.93. The molecule has 1 aromatic heterocycles. The van der Waals surface area contributed by atoms with E-state index in [-0.39, 0.29) is 17.1 Å². The predicted octanol–water partition coefficient (Wildman–Crippen LogP) is 2.93. The molecular weight excluding hydrogens is 281 g/mol. The third-order valence-corrected chi connectivity index (χ3v) is 2.96. The van der Waals surface area contributed by atoms with Crippen LogP contribution in [0.25, 0.3) is 16.9 Å². The van der Waals surface area contributed by atoms with E-state index in [9.17, 15) is 13.2 Å². The van der Waals surface area contributed by atoms with Crippen LogP contribution in [0.2, 0.25) is 0 Å². The van der Waals surface area contributed by atoms with E-state index < -0.39 is 17.5 Å². The summed E-state index contributed by atoms with van der Waals surface area (Å²) in [7, 11) is 0. The van der Waals surface area contributed by atoms with Gasteiger partial charge in [-0.2, -0.15) is 4.68 Å². The van der Waals surface area contributed by atoms with Crippen LogP contribution in [0.4, 0.5) is 19.0 Å². The fourth-order valence-electron chi connectivity index (χ4n) is 1.93. The van der Waals surface area contributed by atoms with Crippen LogP contribution in [-0.2, 0) is 0 Å².